The van der Waals surface area contributed by atoms with Crippen molar-refractivity contribution >= 4 is 39.7 Å². The van der Waals surface area contributed by atoms with Crippen molar-refractivity contribution in [3.8, 4) is 0 Å². The molecule has 0 spiro atoms. The number of nitrogens with one attached hydrogen (secondary N) is 2. The lowest BCUT2D eigenvalue weighted by Gasteiger charge is -2.18. The van der Waals surface area contributed by atoms with Crippen LogP contribution in [0, 0.1) is 13.8 Å². The van der Waals surface area contributed by atoms with Crippen LogP contribution >= 0.6 is 12.2 Å². The van der Waals surface area contributed by atoms with Crippen LogP contribution in [0.2, 0.25) is 0 Å². The maximum Gasteiger partial charge on any atom is 0.336 e. The van der Waals surface area contributed by atoms with E-state index in [1.807, 2.05) is 19.1 Å². The predicted octanol–water partition coefficient (Wildman–Crippen LogP) is 5.34. The minimum absolute atomic E-state index is 0.352. The fourth-order valence-electron chi connectivity index (χ4n) is 3.02. The molecular weight excluding hydrogens is 344 g/mol. The van der Waals surface area contributed by atoms with Gasteiger partial charge in [0.2, 0.25) is 0 Å². The standard InChI is InChI=1S/C21H22N2O2S/c1-12(2)16-7-5-6-13(3)20(16)23-21(26)22-15-8-9-17-14(4)10-19(24)25-18(17)11-15/h5-12H,1-4H3,(H2,22,23,26). The number of aryl methyl sites for hydroxylation is 2. The van der Waals surface area contributed by atoms with E-state index in [1.54, 1.807) is 6.07 Å². The summed E-state index contributed by atoms with van der Waals surface area (Å²) >= 11 is 5.48. The van der Waals surface area contributed by atoms with E-state index in [4.69, 9.17) is 16.6 Å². The van der Waals surface area contributed by atoms with Gasteiger partial charge in [0, 0.05) is 28.9 Å². The van der Waals surface area contributed by atoms with Gasteiger partial charge in [-0.05, 0) is 60.8 Å². The Kier molecular flexibility index (Phi) is 5.09. The summed E-state index contributed by atoms with van der Waals surface area (Å²) in [5.74, 6) is 0.387. The van der Waals surface area contributed by atoms with Gasteiger partial charge in [0.1, 0.15) is 5.58 Å². The highest BCUT2D eigenvalue weighted by Crippen LogP contribution is 2.28. The molecule has 3 rings (SSSR count). The van der Waals surface area contributed by atoms with Crippen LogP contribution in [0.1, 0.15) is 36.5 Å². The topological polar surface area (TPSA) is 54.3 Å². The molecule has 134 valence electrons. The zero-order valence-electron chi connectivity index (χ0n) is 15.3. The van der Waals surface area contributed by atoms with E-state index in [9.17, 15) is 4.79 Å². The highest BCUT2D eigenvalue weighted by atomic mass is 32.1. The molecule has 0 saturated carbocycles. The van der Waals surface area contributed by atoms with Crippen molar-refractivity contribution in [2.45, 2.75) is 33.6 Å². The first-order valence-corrected chi connectivity index (χ1v) is 8.98. The molecule has 0 bridgehead atoms. The molecule has 4 nitrogen and oxygen atoms in total. The van der Waals surface area contributed by atoms with Crippen molar-refractivity contribution in [3.05, 3.63) is 69.6 Å². The number of hydrogen-bond acceptors (Lipinski definition) is 3. The summed E-state index contributed by atoms with van der Waals surface area (Å²) in [5, 5.41) is 7.89. The van der Waals surface area contributed by atoms with E-state index < -0.39 is 0 Å². The third kappa shape index (κ3) is 3.78. The van der Waals surface area contributed by atoms with Crippen LogP contribution in [0.4, 0.5) is 11.4 Å². The molecule has 0 fully saturated rings. The first-order valence-electron chi connectivity index (χ1n) is 8.57. The summed E-state index contributed by atoms with van der Waals surface area (Å²) in [6.07, 6.45) is 0. The van der Waals surface area contributed by atoms with Gasteiger partial charge >= 0.3 is 5.63 Å². The summed E-state index contributed by atoms with van der Waals surface area (Å²) in [5.41, 5.74) is 5.24. The second kappa shape index (κ2) is 7.30. The van der Waals surface area contributed by atoms with Crippen LogP contribution in [0.25, 0.3) is 11.0 Å². The fourth-order valence-corrected chi connectivity index (χ4v) is 3.24. The van der Waals surface area contributed by atoms with Crippen molar-refractivity contribution in [2.75, 3.05) is 10.6 Å². The number of anilines is 2. The van der Waals surface area contributed by atoms with Crippen molar-refractivity contribution in [3.63, 3.8) is 0 Å². The van der Waals surface area contributed by atoms with E-state index in [0.717, 1.165) is 27.9 Å². The Bertz CT molecular complexity index is 1040. The fraction of sp³-hybridized carbons (Fsp3) is 0.238. The van der Waals surface area contributed by atoms with Gasteiger partial charge in [-0.25, -0.2) is 4.79 Å². The van der Waals surface area contributed by atoms with E-state index in [0.29, 0.717) is 16.6 Å². The highest BCUT2D eigenvalue weighted by molar-refractivity contribution is 7.80. The SMILES string of the molecule is Cc1cccc(C(C)C)c1NC(=S)Nc1ccc2c(C)cc(=O)oc2c1. The van der Waals surface area contributed by atoms with Gasteiger partial charge in [0.25, 0.3) is 0 Å². The third-order valence-corrected chi connectivity index (χ3v) is 4.58. The molecule has 0 aliphatic heterocycles. The molecule has 0 aliphatic rings. The number of hydrogen-bond donors (Lipinski definition) is 2. The quantitative estimate of drug-likeness (QED) is 0.484. The molecular formula is C21H22N2O2S. The minimum Gasteiger partial charge on any atom is -0.423 e. The summed E-state index contributed by atoms with van der Waals surface area (Å²) in [7, 11) is 0. The van der Waals surface area contributed by atoms with Crippen LogP contribution in [0.15, 0.2) is 51.7 Å². The molecule has 0 unspecified atom stereocenters. The van der Waals surface area contributed by atoms with Crippen LogP contribution in [-0.2, 0) is 0 Å². The number of fused-ring (bicyclic) bond motifs is 1. The minimum atomic E-state index is -0.352. The van der Waals surface area contributed by atoms with E-state index >= 15 is 0 Å². The second-order valence-electron chi connectivity index (χ2n) is 6.73. The average Bonchev–Trinajstić information content (AvgIpc) is 2.55. The molecule has 0 saturated heterocycles. The molecule has 1 aromatic heterocycles. The Morgan fingerprint density at radius 3 is 2.54 bits per heavy atom. The van der Waals surface area contributed by atoms with Gasteiger partial charge in [-0.3, -0.25) is 0 Å². The Morgan fingerprint density at radius 1 is 1.04 bits per heavy atom. The average molecular weight is 366 g/mol. The molecule has 0 atom stereocenters. The Labute approximate surface area is 158 Å². The maximum atomic E-state index is 11.6. The first-order chi connectivity index (χ1) is 12.3. The number of para-hydroxylation sites is 1. The highest BCUT2D eigenvalue weighted by Gasteiger charge is 2.11. The number of thiocarbonyl (C=S) groups is 1. The summed E-state index contributed by atoms with van der Waals surface area (Å²) in [4.78, 5) is 11.6. The van der Waals surface area contributed by atoms with Crippen LogP contribution in [-0.4, -0.2) is 5.11 Å². The molecule has 26 heavy (non-hydrogen) atoms. The lowest BCUT2D eigenvalue weighted by atomic mass is 9.98. The molecule has 0 radical (unpaired) electrons. The van der Waals surface area contributed by atoms with Crippen molar-refractivity contribution in [1.29, 1.82) is 0 Å². The normalized spacial score (nSPS) is 11.0. The molecule has 0 aliphatic carbocycles. The van der Waals surface area contributed by atoms with Crippen LogP contribution in [0.5, 0.6) is 0 Å². The molecule has 5 heteroatoms. The first kappa shape index (κ1) is 18.1. The van der Waals surface area contributed by atoms with Gasteiger partial charge in [0.05, 0.1) is 0 Å². The van der Waals surface area contributed by atoms with E-state index in [-0.39, 0.29) is 5.63 Å². The lowest BCUT2D eigenvalue weighted by Crippen LogP contribution is -2.20. The Balaban J connectivity index is 1.85. The van der Waals surface area contributed by atoms with Gasteiger partial charge in [0.15, 0.2) is 5.11 Å². The van der Waals surface area contributed by atoms with Crippen LogP contribution in [0.3, 0.4) is 0 Å². The summed E-state index contributed by atoms with van der Waals surface area (Å²) < 4.78 is 5.29. The van der Waals surface area contributed by atoms with Gasteiger partial charge in [-0.15, -0.1) is 0 Å². The van der Waals surface area contributed by atoms with E-state index in [1.165, 1.54) is 11.6 Å². The van der Waals surface area contributed by atoms with Gasteiger partial charge in [-0.2, -0.15) is 0 Å². The largest absolute Gasteiger partial charge is 0.423 e. The maximum absolute atomic E-state index is 11.6. The van der Waals surface area contributed by atoms with Crippen LogP contribution < -0.4 is 16.3 Å². The van der Waals surface area contributed by atoms with Crippen molar-refractivity contribution in [1.82, 2.24) is 0 Å². The zero-order chi connectivity index (χ0) is 18.8. The Hall–Kier alpha value is -2.66. The monoisotopic (exact) mass is 366 g/mol. The number of rotatable bonds is 3. The van der Waals surface area contributed by atoms with Crippen molar-refractivity contribution in [2.24, 2.45) is 0 Å². The molecule has 2 aromatic carbocycles. The second-order valence-corrected chi connectivity index (χ2v) is 7.14. The molecule has 2 N–H and O–H groups in total. The lowest BCUT2D eigenvalue weighted by molar-refractivity contribution is 0.560. The Morgan fingerprint density at radius 2 is 1.81 bits per heavy atom. The zero-order valence-corrected chi connectivity index (χ0v) is 16.2. The molecule has 1 heterocycles. The van der Waals surface area contributed by atoms with Gasteiger partial charge < -0.3 is 15.1 Å². The van der Waals surface area contributed by atoms with Crippen molar-refractivity contribution < 1.29 is 4.42 Å². The van der Waals surface area contributed by atoms with Gasteiger partial charge in [-0.1, -0.05) is 32.0 Å². The van der Waals surface area contributed by atoms with E-state index in [2.05, 4.69) is 49.6 Å². The molecule has 3 aromatic rings. The summed E-state index contributed by atoms with van der Waals surface area (Å²) in [6, 6.07) is 13.4. The molecule has 0 amide bonds. The smallest absolute Gasteiger partial charge is 0.336 e. The number of benzene rings is 2. The predicted molar refractivity (Wildman–Crippen MR) is 112 cm³/mol. The summed E-state index contributed by atoms with van der Waals surface area (Å²) in [6.45, 7) is 8.27. The third-order valence-electron chi connectivity index (χ3n) is 4.37.